The summed E-state index contributed by atoms with van der Waals surface area (Å²) in [6.45, 7) is 3.31. The van der Waals surface area contributed by atoms with Crippen molar-refractivity contribution in [2.75, 3.05) is 13.1 Å². The normalized spacial score (nSPS) is 22.0. The summed E-state index contributed by atoms with van der Waals surface area (Å²) < 4.78 is 26.4. The predicted molar refractivity (Wildman–Crippen MR) is 71.0 cm³/mol. The monoisotopic (exact) mass is 288 g/mol. The van der Waals surface area contributed by atoms with Gasteiger partial charge in [-0.25, -0.2) is 13.4 Å². The van der Waals surface area contributed by atoms with Gasteiger partial charge in [0.1, 0.15) is 5.15 Å². The molecular formula is C12H17ClN2O2S. The molecule has 0 saturated carbocycles. The van der Waals surface area contributed by atoms with Crippen LogP contribution in [-0.4, -0.2) is 30.8 Å². The largest absolute Gasteiger partial charge is 0.244 e. The zero-order chi connectivity index (χ0) is 13.2. The Balaban J connectivity index is 2.25. The van der Waals surface area contributed by atoms with Crippen LogP contribution in [0.2, 0.25) is 5.15 Å². The predicted octanol–water partition coefficient (Wildman–Crippen LogP) is 2.55. The maximum absolute atomic E-state index is 12.4. The highest BCUT2D eigenvalue weighted by Gasteiger charge is 2.29. The van der Waals surface area contributed by atoms with Crippen molar-refractivity contribution in [3.05, 3.63) is 23.5 Å². The van der Waals surface area contributed by atoms with Crippen molar-refractivity contribution in [3.8, 4) is 0 Å². The number of pyridine rings is 1. The lowest BCUT2D eigenvalue weighted by atomic mass is 9.97. The molecule has 0 radical (unpaired) electrons. The number of sulfonamides is 1. The molecule has 1 fully saturated rings. The number of rotatable bonds is 3. The smallest absolute Gasteiger partial charge is 0.243 e. The van der Waals surface area contributed by atoms with E-state index in [-0.39, 0.29) is 10.0 Å². The van der Waals surface area contributed by atoms with Gasteiger partial charge < -0.3 is 0 Å². The minimum Gasteiger partial charge on any atom is -0.244 e. The van der Waals surface area contributed by atoms with E-state index in [4.69, 9.17) is 11.6 Å². The molecule has 1 aliphatic heterocycles. The van der Waals surface area contributed by atoms with Gasteiger partial charge in [0.05, 0.1) is 4.90 Å². The van der Waals surface area contributed by atoms with Crippen LogP contribution in [0.25, 0.3) is 0 Å². The molecule has 1 aliphatic rings. The first-order chi connectivity index (χ1) is 8.54. The van der Waals surface area contributed by atoms with Crippen LogP contribution < -0.4 is 0 Å². The fourth-order valence-corrected chi connectivity index (χ4v) is 4.08. The van der Waals surface area contributed by atoms with Crippen LogP contribution in [0, 0.1) is 5.92 Å². The Morgan fingerprint density at radius 1 is 1.56 bits per heavy atom. The Labute approximate surface area is 113 Å². The summed E-state index contributed by atoms with van der Waals surface area (Å²) >= 11 is 5.75. The summed E-state index contributed by atoms with van der Waals surface area (Å²) in [5.74, 6) is 0.464. The number of hydrogen-bond acceptors (Lipinski definition) is 3. The van der Waals surface area contributed by atoms with Gasteiger partial charge in [-0.1, -0.05) is 24.9 Å². The molecule has 0 bridgehead atoms. The molecule has 2 rings (SSSR count). The van der Waals surface area contributed by atoms with Gasteiger partial charge in [-0.15, -0.1) is 0 Å². The molecule has 1 atom stereocenters. The molecule has 1 unspecified atom stereocenters. The van der Waals surface area contributed by atoms with E-state index in [0.29, 0.717) is 19.0 Å². The Kier molecular flexibility index (Phi) is 4.25. The van der Waals surface area contributed by atoms with E-state index in [9.17, 15) is 8.42 Å². The summed E-state index contributed by atoms with van der Waals surface area (Å²) in [7, 11) is -3.42. The highest BCUT2D eigenvalue weighted by Crippen LogP contribution is 2.25. The van der Waals surface area contributed by atoms with Gasteiger partial charge >= 0.3 is 0 Å². The van der Waals surface area contributed by atoms with Gasteiger partial charge in [0.25, 0.3) is 0 Å². The standard InChI is InChI=1S/C12H17ClN2O2S/c1-2-10-4-3-7-15(9-10)18(16,17)11-5-6-14-12(13)8-11/h5-6,8,10H,2-4,7,9H2,1H3. The van der Waals surface area contributed by atoms with E-state index < -0.39 is 10.0 Å². The molecule has 6 heteroatoms. The van der Waals surface area contributed by atoms with E-state index in [2.05, 4.69) is 11.9 Å². The number of halogens is 1. The fraction of sp³-hybridized carbons (Fsp3) is 0.583. The molecule has 1 aromatic heterocycles. The molecule has 18 heavy (non-hydrogen) atoms. The van der Waals surface area contributed by atoms with Crippen LogP contribution in [0.5, 0.6) is 0 Å². The number of nitrogens with zero attached hydrogens (tertiary/aromatic N) is 2. The van der Waals surface area contributed by atoms with Crippen molar-refractivity contribution in [2.45, 2.75) is 31.1 Å². The van der Waals surface area contributed by atoms with Crippen molar-refractivity contribution < 1.29 is 8.42 Å². The molecule has 0 amide bonds. The van der Waals surface area contributed by atoms with Crippen molar-refractivity contribution in [2.24, 2.45) is 5.92 Å². The Bertz CT molecular complexity index is 519. The third-order valence-electron chi connectivity index (χ3n) is 3.39. The summed E-state index contributed by atoms with van der Waals surface area (Å²) in [6, 6.07) is 2.91. The number of piperidine rings is 1. The number of hydrogen-bond donors (Lipinski definition) is 0. The van der Waals surface area contributed by atoms with Gasteiger partial charge in [-0.05, 0) is 30.9 Å². The minimum absolute atomic E-state index is 0.208. The Morgan fingerprint density at radius 3 is 3.00 bits per heavy atom. The second-order valence-electron chi connectivity index (χ2n) is 4.59. The van der Waals surface area contributed by atoms with Crippen LogP contribution in [0.4, 0.5) is 0 Å². The summed E-state index contributed by atoms with van der Waals surface area (Å²) in [4.78, 5) is 4.05. The van der Waals surface area contributed by atoms with Crippen LogP contribution in [-0.2, 0) is 10.0 Å². The maximum atomic E-state index is 12.4. The zero-order valence-electron chi connectivity index (χ0n) is 10.3. The first-order valence-corrected chi connectivity index (χ1v) is 7.97. The third-order valence-corrected chi connectivity index (χ3v) is 5.46. The van der Waals surface area contributed by atoms with Gasteiger partial charge in [-0.3, -0.25) is 0 Å². The van der Waals surface area contributed by atoms with Crippen molar-refractivity contribution in [1.82, 2.24) is 9.29 Å². The highest BCUT2D eigenvalue weighted by atomic mass is 35.5. The second-order valence-corrected chi connectivity index (χ2v) is 6.92. The zero-order valence-corrected chi connectivity index (χ0v) is 11.9. The van der Waals surface area contributed by atoms with Gasteiger partial charge in [0.2, 0.25) is 10.0 Å². The SMILES string of the molecule is CCC1CCCN(S(=O)(=O)c2ccnc(Cl)c2)C1. The molecule has 2 heterocycles. The van der Waals surface area contributed by atoms with E-state index in [1.54, 1.807) is 4.31 Å². The lowest BCUT2D eigenvalue weighted by Crippen LogP contribution is -2.39. The molecule has 0 N–H and O–H groups in total. The minimum atomic E-state index is -3.42. The molecule has 0 aromatic carbocycles. The summed E-state index contributed by atoms with van der Waals surface area (Å²) in [6.07, 6.45) is 4.48. The van der Waals surface area contributed by atoms with Crippen molar-refractivity contribution in [1.29, 1.82) is 0 Å². The first kappa shape index (κ1) is 13.8. The maximum Gasteiger partial charge on any atom is 0.243 e. The van der Waals surface area contributed by atoms with Gasteiger partial charge in [0, 0.05) is 19.3 Å². The topological polar surface area (TPSA) is 50.3 Å². The summed E-state index contributed by atoms with van der Waals surface area (Å²) in [5.41, 5.74) is 0. The molecule has 1 aromatic rings. The molecule has 100 valence electrons. The van der Waals surface area contributed by atoms with E-state index in [0.717, 1.165) is 19.3 Å². The van der Waals surface area contributed by atoms with Crippen LogP contribution in [0.15, 0.2) is 23.2 Å². The van der Waals surface area contributed by atoms with Crippen LogP contribution in [0.1, 0.15) is 26.2 Å². The fourth-order valence-electron chi connectivity index (χ4n) is 2.27. The van der Waals surface area contributed by atoms with Gasteiger partial charge in [0.15, 0.2) is 0 Å². The molecular weight excluding hydrogens is 272 g/mol. The molecule has 4 nitrogen and oxygen atoms in total. The lowest BCUT2D eigenvalue weighted by molar-refractivity contribution is 0.261. The average Bonchev–Trinajstić information content (AvgIpc) is 2.39. The first-order valence-electron chi connectivity index (χ1n) is 6.15. The van der Waals surface area contributed by atoms with E-state index in [1.165, 1.54) is 18.3 Å². The van der Waals surface area contributed by atoms with Crippen LogP contribution in [0.3, 0.4) is 0 Å². The quantitative estimate of drug-likeness (QED) is 0.803. The third kappa shape index (κ3) is 2.84. The van der Waals surface area contributed by atoms with Crippen molar-refractivity contribution >= 4 is 21.6 Å². The Morgan fingerprint density at radius 2 is 2.33 bits per heavy atom. The molecule has 0 spiro atoms. The van der Waals surface area contributed by atoms with Crippen LogP contribution >= 0.6 is 11.6 Å². The average molecular weight is 289 g/mol. The summed E-state index contributed by atoms with van der Waals surface area (Å²) in [5, 5.41) is 0.208. The Hall–Kier alpha value is -0.650. The second kappa shape index (κ2) is 5.55. The van der Waals surface area contributed by atoms with E-state index in [1.807, 2.05) is 0 Å². The molecule has 1 saturated heterocycles. The van der Waals surface area contributed by atoms with E-state index >= 15 is 0 Å². The van der Waals surface area contributed by atoms with Crippen molar-refractivity contribution in [3.63, 3.8) is 0 Å². The highest BCUT2D eigenvalue weighted by molar-refractivity contribution is 7.89. The van der Waals surface area contributed by atoms with Gasteiger partial charge in [-0.2, -0.15) is 4.31 Å². The lowest BCUT2D eigenvalue weighted by Gasteiger charge is -2.31. The number of aromatic nitrogens is 1. The molecule has 0 aliphatic carbocycles.